The lowest BCUT2D eigenvalue weighted by Crippen LogP contribution is -2.20. The maximum atomic E-state index is 5.02. The van der Waals surface area contributed by atoms with Crippen molar-refractivity contribution < 1.29 is 4.74 Å². The first-order valence-electron chi connectivity index (χ1n) is 2.18. The monoisotopic (exact) mass is 118 g/mol. The Kier molecular flexibility index (Phi) is 1.97. The maximum absolute atomic E-state index is 5.02. The van der Waals surface area contributed by atoms with Crippen molar-refractivity contribution in [3.8, 4) is 0 Å². The van der Waals surface area contributed by atoms with Crippen LogP contribution in [-0.4, -0.2) is 23.4 Å². The van der Waals surface area contributed by atoms with Gasteiger partial charge in [-0.15, -0.1) is 0 Å². The van der Waals surface area contributed by atoms with Gasteiger partial charge in [0.2, 0.25) is 0 Å². The van der Waals surface area contributed by atoms with E-state index in [0.29, 0.717) is 0 Å². The number of nitrogens with zero attached hydrogens (tertiary/aromatic N) is 1. The fraction of sp³-hybridized carbons (Fsp3) is 0.750. The van der Waals surface area contributed by atoms with Crippen LogP contribution in [0.3, 0.4) is 0 Å². The van der Waals surface area contributed by atoms with Crippen molar-refractivity contribution in [1.29, 1.82) is 0 Å². The van der Waals surface area contributed by atoms with Gasteiger partial charge in [-0.1, -0.05) is 11.9 Å². The summed E-state index contributed by atoms with van der Waals surface area (Å²) in [7, 11) is 3.71. The van der Waals surface area contributed by atoms with E-state index in [-0.39, 0.29) is 0 Å². The molecule has 0 atom stereocenters. The number of ether oxygens (including phenoxy) is 1. The summed E-state index contributed by atoms with van der Waals surface area (Å²) in [6.07, 6.45) is 0. The molecule has 1 aliphatic rings. The van der Waals surface area contributed by atoms with Crippen LogP contribution in [0.15, 0.2) is 0 Å². The minimum atomic E-state index is 0.767. The van der Waals surface area contributed by atoms with Crippen LogP contribution in [0.4, 0.5) is 0 Å². The molecule has 3 heteroatoms. The molecule has 0 bridgehead atoms. The van der Waals surface area contributed by atoms with E-state index in [1.807, 2.05) is 4.31 Å². The predicted octanol–water partition coefficient (Wildman–Crippen LogP) is 0.716. The highest BCUT2D eigenvalue weighted by Crippen LogP contribution is 2.11. The third-order valence-corrected chi connectivity index (χ3v) is 1.62. The Balaban J connectivity index is 2.12. The Morgan fingerprint density at radius 3 is 2.86 bits per heavy atom. The van der Waals surface area contributed by atoms with E-state index in [1.165, 1.54) is 0 Å². The van der Waals surface area contributed by atoms with E-state index in [9.17, 15) is 0 Å². The molecule has 1 radical (unpaired) electrons. The Morgan fingerprint density at radius 2 is 2.57 bits per heavy atom. The third-order valence-electron chi connectivity index (χ3n) is 0.804. The number of hydrogen-bond acceptors (Lipinski definition) is 3. The zero-order valence-electron chi connectivity index (χ0n) is 4.09. The SMILES string of the molecule is [CH2]N1CCOCS1. The second kappa shape index (κ2) is 2.55. The van der Waals surface area contributed by atoms with E-state index in [1.54, 1.807) is 11.9 Å². The van der Waals surface area contributed by atoms with E-state index in [2.05, 4.69) is 7.05 Å². The highest BCUT2D eigenvalue weighted by molar-refractivity contribution is 7.96. The molecule has 0 aromatic rings. The Bertz CT molecular complexity index is 53.7. The minimum Gasteiger partial charge on any atom is -0.368 e. The average Bonchev–Trinajstić information content (AvgIpc) is 1.69. The molecule has 0 saturated carbocycles. The van der Waals surface area contributed by atoms with Crippen molar-refractivity contribution in [2.45, 2.75) is 0 Å². The molecular weight excluding hydrogens is 110 g/mol. The molecule has 41 valence electrons. The lowest BCUT2D eigenvalue weighted by Gasteiger charge is -2.19. The summed E-state index contributed by atoms with van der Waals surface area (Å²) in [4.78, 5) is 0. The highest BCUT2D eigenvalue weighted by Gasteiger charge is 2.03. The summed E-state index contributed by atoms with van der Waals surface area (Å²) in [5.74, 6) is 0.767. The molecule has 1 aliphatic heterocycles. The Morgan fingerprint density at radius 1 is 1.71 bits per heavy atom. The fourth-order valence-corrected chi connectivity index (χ4v) is 0.947. The van der Waals surface area contributed by atoms with Crippen molar-refractivity contribution in [3.05, 3.63) is 7.05 Å². The normalized spacial score (nSPS) is 25.3. The molecule has 1 saturated heterocycles. The van der Waals surface area contributed by atoms with Gasteiger partial charge in [-0.3, -0.25) is 0 Å². The summed E-state index contributed by atoms with van der Waals surface area (Å²) in [5.41, 5.74) is 0. The summed E-state index contributed by atoms with van der Waals surface area (Å²) < 4.78 is 6.96. The molecule has 0 amide bonds. The lowest BCUT2D eigenvalue weighted by atomic mass is 10.7. The lowest BCUT2D eigenvalue weighted by molar-refractivity contribution is 0.158. The van der Waals surface area contributed by atoms with Crippen molar-refractivity contribution >= 4 is 11.9 Å². The molecule has 1 heterocycles. The first-order valence-corrected chi connectivity index (χ1v) is 3.12. The third kappa shape index (κ3) is 1.67. The molecule has 2 nitrogen and oxygen atoms in total. The van der Waals surface area contributed by atoms with Gasteiger partial charge in [0.15, 0.2) is 0 Å². The van der Waals surface area contributed by atoms with E-state index < -0.39 is 0 Å². The smallest absolute Gasteiger partial charge is 0.107 e. The second-order valence-corrected chi connectivity index (χ2v) is 2.37. The molecule has 0 N–H and O–H groups in total. The van der Waals surface area contributed by atoms with Crippen LogP contribution in [0.5, 0.6) is 0 Å². The van der Waals surface area contributed by atoms with Gasteiger partial charge in [0.05, 0.1) is 6.61 Å². The summed E-state index contributed by atoms with van der Waals surface area (Å²) in [6.45, 7) is 1.78. The molecule has 1 fully saturated rings. The van der Waals surface area contributed by atoms with E-state index in [0.717, 1.165) is 19.1 Å². The van der Waals surface area contributed by atoms with Crippen LogP contribution in [0.25, 0.3) is 0 Å². The van der Waals surface area contributed by atoms with Crippen LogP contribution in [0.1, 0.15) is 0 Å². The molecule has 0 unspecified atom stereocenters. The number of hydrogen-bond donors (Lipinski definition) is 0. The van der Waals surface area contributed by atoms with Gasteiger partial charge in [0, 0.05) is 13.6 Å². The molecule has 0 aliphatic carbocycles. The van der Waals surface area contributed by atoms with Crippen molar-refractivity contribution in [2.24, 2.45) is 0 Å². The van der Waals surface area contributed by atoms with Gasteiger partial charge in [-0.2, -0.15) is 0 Å². The quantitative estimate of drug-likeness (QED) is 0.435. The van der Waals surface area contributed by atoms with Gasteiger partial charge in [-0.05, 0) is 0 Å². The first kappa shape index (κ1) is 5.41. The predicted molar refractivity (Wildman–Crippen MR) is 30.5 cm³/mol. The van der Waals surface area contributed by atoms with E-state index >= 15 is 0 Å². The van der Waals surface area contributed by atoms with Gasteiger partial charge in [0.1, 0.15) is 5.94 Å². The molecular formula is C4H8NOS. The molecule has 0 aromatic carbocycles. The van der Waals surface area contributed by atoms with Gasteiger partial charge < -0.3 is 4.74 Å². The largest absolute Gasteiger partial charge is 0.368 e. The molecule has 1 rings (SSSR count). The molecule has 7 heavy (non-hydrogen) atoms. The first-order chi connectivity index (χ1) is 3.39. The maximum Gasteiger partial charge on any atom is 0.107 e. The topological polar surface area (TPSA) is 12.5 Å². The minimum absolute atomic E-state index is 0.767. The standard InChI is InChI=1S/C4H8NOS/c1-5-2-3-6-4-7-5/h1-4H2. The van der Waals surface area contributed by atoms with Gasteiger partial charge in [0.25, 0.3) is 0 Å². The number of rotatable bonds is 0. The average molecular weight is 118 g/mol. The van der Waals surface area contributed by atoms with Crippen LogP contribution >= 0.6 is 11.9 Å². The molecule has 0 spiro atoms. The van der Waals surface area contributed by atoms with Crippen LogP contribution in [0, 0.1) is 7.05 Å². The van der Waals surface area contributed by atoms with Crippen molar-refractivity contribution in [1.82, 2.24) is 4.31 Å². The zero-order chi connectivity index (χ0) is 5.11. The summed E-state index contributed by atoms with van der Waals surface area (Å²) >= 11 is 1.62. The van der Waals surface area contributed by atoms with Crippen LogP contribution < -0.4 is 0 Å². The van der Waals surface area contributed by atoms with Crippen molar-refractivity contribution in [3.63, 3.8) is 0 Å². The second-order valence-electron chi connectivity index (χ2n) is 1.36. The van der Waals surface area contributed by atoms with Crippen LogP contribution in [0.2, 0.25) is 0 Å². The van der Waals surface area contributed by atoms with E-state index in [4.69, 9.17) is 4.74 Å². The molecule has 0 aromatic heterocycles. The Hall–Kier alpha value is 0.270. The fourth-order valence-electron chi connectivity index (χ4n) is 0.402. The zero-order valence-corrected chi connectivity index (χ0v) is 4.91. The van der Waals surface area contributed by atoms with Crippen molar-refractivity contribution in [2.75, 3.05) is 19.1 Å². The van der Waals surface area contributed by atoms with Crippen LogP contribution in [-0.2, 0) is 4.74 Å². The summed E-state index contributed by atoms with van der Waals surface area (Å²) in [5, 5.41) is 0. The Labute approximate surface area is 48.0 Å². The summed E-state index contributed by atoms with van der Waals surface area (Å²) in [6, 6.07) is 0. The highest BCUT2D eigenvalue weighted by atomic mass is 32.2. The van der Waals surface area contributed by atoms with Gasteiger partial charge in [-0.25, -0.2) is 4.31 Å². The van der Waals surface area contributed by atoms with Gasteiger partial charge >= 0.3 is 0 Å².